The van der Waals surface area contributed by atoms with Gasteiger partial charge < -0.3 is 15.4 Å². The van der Waals surface area contributed by atoms with Gasteiger partial charge in [-0.1, -0.05) is 0 Å². The van der Waals surface area contributed by atoms with Crippen LogP contribution in [-0.4, -0.2) is 21.7 Å². The van der Waals surface area contributed by atoms with E-state index in [-0.39, 0.29) is 18.2 Å². The van der Waals surface area contributed by atoms with Gasteiger partial charge >= 0.3 is 0 Å². The number of aliphatic hydroxyl groups is 1. The molecule has 0 aliphatic rings. The molecule has 0 saturated heterocycles. The lowest BCUT2D eigenvalue weighted by atomic mass is 10.2. The van der Waals surface area contributed by atoms with Gasteiger partial charge in [-0.25, -0.2) is 4.98 Å². The molecule has 0 saturated carbocycles. The molecule has 0 fully saturated rings. The predicted molar refractivity (Wildman–Crippen MR) is 95.4 cm³/mol. The van der Waals surface area contributed by atoms with Crippen molar-refractivity contribution in [3.8, 4) is 0 Å². The van der Waals surface area contributed by atoms with Crippen molar-refractivity contribution < 1.29 is 5.11 Å². The molecule has 1 atom stereocenters. The number of aryl methyl sites for hydroxylation is 3. The molecule has 3 aromatic heterocycles. The Kier molecular flexibility index (Phi) is 4.63. The van der Waals surface area contributed by atoms with Crippen molar-refractivity contribution in [1.82, 2.24) is 15.3 Å². The normalized spacial score (nSPS) is 12.9. The second-order valence-electron chi connectivity index (χ2n) is 5.56. The Bertz CT molecular complexity index is 894. The number of aromatic nitrogens is 2. The number of nitrogens with one attached hydrogen (secondary N) is 2. The zero-order valence-corrected chi connectivity index (χ0v) is 14.9. The fraction of sp³-hybridized carbons (Fsp3) is 0.375. The highest BCUT2D eigenvalue weighted by Crippen LogP contribution is 2.26. The van der Waals surface area contributed by atoms with Gasteiger partial charge in [-0.2, -0.15) is 0 Å². The molecule has 0 bridgehead atoms. The third-order valence-corrected chi connectivity index (χ3v) is 6.24. The number of aliphatic hydroxyl groups excluding tert-OH is 1. The topological polar surface area (TPSA) is 78.0 Å². The predicted octanol–water partition coefficient (Wildman–Crippen LogP) is 2.79. The zero-order chi connectivity index (χ0) is 16.6. The van der Waals surface area contributed by atoms with Crippen molar-refractivity contribution in [3.05, 3.63) is 48.5 Å². The van der Waals surface area contributed by atoms with Crippen molar-refractivity contribution in [2.75, 3.05) is 6.61 Å². The summed E-state index contributed by atoms with van der Waals surface area (Å²) in [4.78, 5) is 22.7. The van der Waals surface area contributed by atoms with E-state index in [0.29, 0.717) is 17.8 Å². The number of fused-ring (bicyclic) bond motifs is 1. The fourth-order valence-electron chi connectivity index (χ4n) is 2.58. The summed E-state index contributed by atoms with van der Waals surface area (Å²) in [5.74, 6) is 0.594. The molecule has 3 aromatic rings. The number of aromatic amines is 1. The SMILES string of the molecule is Cc1ccsc1C(CO)NCc1nc2sc(C)c(C)c2c(=O)[nH]1. The summed E-state index contributed by atoms with van der Waals surface area (Å²) >= 11 is 3.16. The molecule has 0 aromatic carbocycles. The van der Waals surface area contributed by atoms with Gasteiger partial charge in [-0.3, -0.25) is 4.79 Å². The van der Waals surface area contributed by atoms with E-state index in [4.69, 9.17) is 0 Å². The Labute approximate surface area is 142 Å². The van der Waals surface area contributed by atoms with Crippen molar-refractivity contribution in [2.24, 2.45) is 0 Å². The van der Waals surface area contributed by atoms with Crippen LogP contribution >= 0.6 is 22.7 Å². The van der Waals surface area contributed by atoms with Gasteiger partial charge in [0.25, 0.3) is 5.56 Å². The summed E-state index contributed by atoms with van der Waals surface area (Å²) in [7, 11) is 0. The zero-order valence-electron chi connectivity index (χ0n) is 13.3. The van der Waals surface area contributed by atoms with E-state index in [1.165, 1.54) is 0 Å². The monoisotopic (exact) mass is 349 g/mol. The minimum absolute atomic E-state index is 0.00501. The fourth-order valence-corrected chi connectivity index (χ4v) is 4.63. The summed E-state index contributed by atoms with van der Waals surface area (Å²) < 4.78 is 0. The molecular formula is C16H19N3O2S2. The third-order valence-electron chi connectivity index (χ3n) is 4.00. The highest BCUT2D eigenvalue weighted by atomic mass is 32.1. The number of rotatable bonds is 5. The van der Waals surface area contributed by atoms with E-state index in [1.54, 1.807) is 22.7 Å². The van der Waals surface area contributed by atoms with Crippen LogP contribution in [0.4, 0.5) is 0 Å². The quantitative estimate of drug-likeness (QED) is 0.662. The van der Waals surface area contributed by atoms with Crippen molar-refractivity contribution >= 4 is 32.9 Å². The van der Waals surface area contributed by atoms with E-state index in [1.807, 2.05) is 32.2 Å². The number of hydrogen-bond donors (Lipinski definition) is 3. The van der Waals surface area contributed by atoms with Crippen LogP contribution in [0.3, 0.4) is 0 Å². The largest absolute Gasteiger partial charge is 0.394 e. The first-order valence-corrected chi connectivity index (χ1v) is 9.08. The molecule has 0 radical (unpaired) electrons. The molecule has 0 spiro atoms. The van der Waals surface area contributed by atoms with Crippen LogP contribution in [0.25, 0.3) is 10.2 Å². The molecule has 0 aliphatic carbocycles. The van der Waals surface area contributed by atoms with Crippen molar-refractivity contribution in [2.45, 2.75) is 33.4 Å². The maximum Gasteiger partial charge on any atom is 0.259 e. The second-order valence-corrected chi connectivity index (χ2v) is 7.71. The molecule has 3 rings (SSSR count). The van der Waals surface area contributed by atoms with Crippen LogP contribution in [0.5, 0.6) is 0 Å². The van der Waals surface area contributed by atoms with Crippen LogP contribution in [0.2, 0.25) is 0 Å². The molecule has 3 heterocycles. The Hall–Kier alpha value is -1.54. The molecule has 122 valence electrons. The minimum atomic E-state index is -0.150. The van der Waals surface area contributed by atoms with E-state index in [0.717, 1.165) is 25.7 Å². The number of hydrogen-bond acceptors (Lipinski definition) is 6. The first-order valence-electron chi connectivity index (χ1n) is 7.38. The first-order chi connectivity index (χ1) is 11.0. The number of thiophene rings is 2. The lowest BCUT2D eigenvalue weighted by Crippen LogP contribution is -2.26. The molecule has 3 N–H and O–H groups in total. The first kappa shape index (κ1) is 16.3. The van der Waals surface area contributed by atoms with Crippen LogP contribution in [-0.2, 0) is 6.54 Å². The van der Waals surface area contributed by atoms with E-state index >= 15 is 0 Å². The molecular weight excluding hydrogens is 330 g/mol. The van der Waals surface area contributed by atoms with Crippen molar-refractivity contribution in [3.63, 3.8) is 0 Å². The average molecular weight is 349 g/mol. The van der Waals surface area contributed by atoms with Gasteiger partial charge in [0.1, 0.15) is 10.7 Å². The van der Waals surface area contributed by atoms with Crippen LogP contribution in [0.15, 0.2) is 16.2 Å². The summed E-state index contributed by atoms with van der Waals surface area (Å²) in [6.07, 6.45) is 0. The number of H-pyrrole nitrogens is 1. The summed E-state index contributed by atoms with van der Waals surface area (Å²) in [6.45, 7) is 6.39. The van der Waals surface area contributed by atoms with Crippen LogP contribution in [0, 0.1) is 20.8 Å². The standard InChI is InChI=1S/C16H19N3O2S2/c1-8-4-5-22-14(8)11(7-20)17-6-12-18-15(21)13-9(2)10(3)23-16(13)19-12/h4-5,11,17,20H,6-7H2,1-3H3,(H,18,19,21). The molecule has 0 aliphatic heterocycles. The van der Waals surface area contributed by atoms with Gasteiger partial charge in [0.15, 0.2) is 0 Å². The highest BCUT2D eigenvalue weighted by molar-refractivity contribution is 7.18. The van der Waals surface area contributed by atoms with Gasteiger partial charge in [-0.05, 0) is 43.3 Å². The Morgan fingerprint density at radius 1 is 1.39 bits per heavy atom. The maximum atomic E-state index is 12.3. The van der Waals surface area contributed by atoms with Crippen LogP contribution < -0.4 is 10.9 Å². The summed E-state index contributed by atoms with van der Waals surface area (Å²) in [6, 6.07) is 1.89. The van der Waals surface area contributed by atoms with Gasteiger partial charge in [0.05, 0.1) is 24.6 Å². The Morgan fingerprint density at radius 3 is 2.83 bits per heavy atom. The Morgan fingerprint density at radius 2 is 2.17 bits per heavy atom. The molecule has 23 heavy (non-hydrogen) atoms. The second kappa shape index (κ2) is 6.52. The maximum absolute atomic E-state index is 12.3. The Balaban J connectivity index is 1.84. The highest BCUT2D eigenvalue weighted by Gasteiger charge is 2.16. The van der Waals surface area contributed by atoms with Gasteiger partial charge in [0, 0.05) is 9.75 Å². The van der Waals surface area contributed by atoms with Crippen LogP contribution in [0.1, 0.15) is 32.7 Å². The molecule has 0 amide bonds. The average Bonchev–Trinajstić information content (AvgIpc) is 3.05. The smallest absolute Gasteiger partial charge is 0.259 e. The lowest BCUT2D eigenvalue weighted by Gasteiger charge is -2.15. The molecule has 7 heteroatoms. The van der Waals surface area contributed by atoms with E-state index in [2.05, 4.69) is 15.3 Å². The van der Waals surface area contributed by atoms with E-state index < -0.39 is 0 Å². The summed E-state index contributed by atoms with van der Waals surface area (Å²) in [5, 5.41) is 15.6. The molecule has 5 nitrogen and oxygen atoms in total. The lowest BCUT2D eigenvalue weighted by molar-refractivity contribution is 0.244. The molecule has 1 unspecified atom stereocenters. The van der Waals surface area contributed by atoms with E-state index in [9.17, 15) is 9.90 Å². The van der Waals surface area contributed by atoms with Crippen molar-refractivity contribution in [1.29, 1.82) is 0 Å². The minimum Gasteiger partial charge on any atom is -0.394 e. The summed E-state index contributed by atoms with van der Waals surface area (Å²) in [5.41, 5.74) is 2.06. The third kappa shape index (κ3) is 3.10. The number of nitrogens with zero attached hydrogens (tertiary/aromatic N) is 1. The van der Waals surface area contributed by atoms with Gasteiger partial charge in [-0.15, -0.1) is 22.7 Å². The van der Waals surface area contributed by atoms with Gasteiger partial charge in [0.2, 0.25) is 0 Å².